The predicted molar refractivity (Wildman–Crippen MR) is 153 cm³/mol. The van der Waals surface area contributed by atoms with Crippen molar-refractivity contribution in [2.75, 3.05) is 27.4 Å². The van der Waals surface area contributed by atoms with Crippen molar-refractivity contribution < 1.29 is 23.5 Å². The maximum absolute atomic E-state index is 15.2. The van der Waals surface area contributed by atoms with Crippen LogP contribution in [0.25, 0.3) is 0 Å². The van der Waals surface area contributed by atoms with Crippen molar-refractivity contribution in [1.82, 2.24) is 9.80 Å². The first-order valence-corrected chi connectivity index (χ1v) is 17.8. The third-order valence-corrected chi connectivity index (χ3v) is 10.2. The zero-order valence-corrected chi connectivity index (χ0v) is 26.7. The Morgan fingerprint density at radius 1 is 1.27 bits per heavy atom. The number of hydrogen-bond donors (Lipinski definition) is 0. The van der Waals surface area contributed by atoms with Gasteiger partial charge >= 0.3 is 6.09 Å². The summed E-state index contributed by atoms with van der Waals surface area (Å²) in [7, 11) is 2.07. The smallest absolute Gasteiger partial charge is 0.418 e. The number of halogens is 2. The summed E-state index contributed by atoms with van der Waals surface area (Å²) >= 11 is 4.70. The van der Waals surface area contributed by atoms with Crippen molar-refractivity contribution in [1.29, 1.82) is 0 Å². The topological polar surface area (TPSA) is 71.4 Å². The molecule has 0 radical (unpaired) electrons. The molecule has 37 heavy (non-hydrogen) atoms. The van der Waals surface area contributed by atoms with E-state index in [1.807, 2.05) is 6.92 Å². The molecule has 1 fully saturated rings. The lowest BCUT2D eigenvalue weighted by molar-refractivity contribution is -0.129. The van der Waals surface area contributed by atoms with Crippen LogP contribution in [0.3, 0.4) is 0 Å². The fourth-order valence-corrected chi connectivity index (χ4v) is 7.22. The molecule has 0 aromatic heterocycles. The molecule has 3 rings (SSSR count). The van der Waals surface area contributed by atoms with Gasteiger partial charge in [-0.25, -0.2) is 14.1 Å². The summed E-state index contributed by atoms with van der Waals surface area (Å²) in [6.07, 6.45) is -0.0988. The lowest BCUT2D eigenvalue weighted by Gasteiger charge is -2.38. The van der Waals surface area contributed by atoms with E-state index in [-0.39, 0.29) is 18.6 Å². The van der Waals surface area contributed by atoms with Gasteiger partial charge in [0.15, 0.2) is 5.17 Å². The van der Waals surface area contributed by atoms with E-state index in [1.54, 1.807) is 51.9 Å². The second-order valence-corrected chi connectivity index (χ2v) is 20.2. The molecule has 206 valence electrons. The SMILES string of the molecule is CN(C)C(=O)[C@]12C[C@H]1[C@@](C)(c1cc(Br)ccc1F)N=C(N(COCC[Si](C)(C)C)C(=O)OC(C)(C)C)S2. The average Bonchev–Trinajstić information content (AvgIpc) is 3.49. The number of amides is 2. The maximum atomic E-state index is 15.2. The van der Waals surface area contributed by atoms with Gasteiger partial charge in [-0.05, 0) is 58.4 Å². The fourth-order valence-electron chi connectivity index (χ4n) is 4.42. The first-order chi connectivity index (χ1) is 16.9. The van der Waals surface area contributed by atoms with Gasteiger partial charge in [0.2, 0.25) is 5.91 Å². The molecule has 1 aliphatic carbocycles. The second kappa shape index (κ2) is 10.6. The van der Waals surface area contributed by atoms with Crippen molar-refractivity contribution >= 4 is 52.9 Å². The summed E-state index contributed by atoms with van der Waals surface area (Å²) in [6.45, 7) is 14.4. The lowest BCUT2D eigenvalue weighted by Crippen LogP contribution is -2.48. The van der Waals surface area contributed by atoms with Crippen molar-refractivity contribution in [2.45, 2.75) is 75.7 Å². The quantitative estimate of drug-likeness (QED) is 0.204. The molecular formula is C26H39BrFN3O4SSi. The molecule has 0 bridgehead atoms. The number of hydrogen-bond acceptors (Lipinski definition) is 6. The van der Waals surface area contributed by atoms with E-state index in [0.29, 0.717) is 28.2 Å². The van der Waals surface area contributed by atoms with Gasteiger partial charge in [0.1, 0.15) is 22.9 Å². The van der Waals surface area contributed by atoms with Crippen LogP contribution < -0.4 is 0 Å². The average molecular weight is 617 g/mol. The molecular weight excluding hydrogens is 577 g/mol. The summed E-state index contributed by atoms with van der Waals surface area (Å²) in [5.41, 5.74) is -1.44. The number of aliphatic imine (C=N–C) groups is 1. The Labute approximate surface area is 233 Å². The van der Waals surface area contributed by atoms with Crippen LogP contribution in [-0.2, 0) is 19.8 Å². The maximum Gasteiger partial charge on any atom is 0.418 e. The zero-order chi connectivity index (χ0) is 28.0. The number of carbonyl (C=O) groups excluding carboxylic acids is 2. The predicted octanol–water partition coefficient (Wildman–Crippen LogP) is 6.30. The van der Waals surface area contributed by atoms with Crippen LogP contribution >= 0.6 is 27.7 Å². The van der Waals surface area contributed by atoms with E-state index in [4.69, 9.17) is 14.5 Å². The molecule has 1 heterocycles. The first-order valence-electron chi connectivity index (χ1n) is 12.4. The number of ether oxygens (including phenoxy) is 2. The van der Waals surface area contributed by atoms with Crippen molar-refractivity contribution in [3.63, 3.8) is 0 Å². The third-order valence-electron chi connectivity index (χ3n) is 6.49. The number of carbonyl (C=O) groups is 2. The molecule has 11 heteroatoms. The number of nitrogens with zero attached hydrogens (tertiary/aromatic N) is 3. The van der Waals surface area contributed by atoms with Crippen LogP contribution in [0.5, 0.6) is 0 Å². The Morgan fingerprint density at radius 3 is 2.49 bits per heavy atom. The molecule has 1 saturated carbocycles. The number of amidine groups is 1. The summed E-state index contributed by atoms with van der Waals surface area (Å²) in [6, 6.07) is 5.66. The summed E-state index contributed by atoms with van der Waals surface area (Å²) in [5, 5.41) is 0.299. The summed E-state index contributed by atoms with van der Waals surface area (Å²) in [5.74, 6) is -0.727. The molecule has 1 aromatic rings. The van der Waals surface area contributed by atoms with Gasteiger partial charge in [-0.1, -0.05) is 47.3 Å². The van der Waals surface area contributed by atoms with Gasteiger partial charge in [-0.3, -0.25) is 9.79 Å². The van der Waals surface area contributed by atoms with Crippen LogP contribution in [0, 0.1) is 11.7 Å². The first kappa shape index (κ1) is 30.1. The lowest BCUT2D eigenvalue weighted by atomic mass is 9.85. The Kier molecular flexibility index (Phi) is 8.64. The molecule has 0 N–H and O–H groups in total. The van der Waals surface area contributed by atoms with Crippen LogP contribution in [0.1, 0.15) is 39.7 Å². The summed E-state index contributed by atoms with van der Waals surface area (Å²) in [4.78, 5) is 34.7. The van der Waals surface area contributed by atoms with E-state index in [9.17, 15) is 9.59 Å². The highest BCUT2D eigenvalue weighted by Crippen LogP contribution is 2.67. The molecule has 0 unspecified atom stereocenters. The third kappa shape index (κ3) is 6.77. The van der Waals surface area contributed by atoms with Gasteiger partial charge in [-0.15, -0.1) is 0 Å². The van der Waals surface area contributed by atoms with E-state index >= 15 is 4.39 Å². The second-order valence-electron chi connectivity index (χ2n) is 12.4. The molecule has 1 aliphatic heterocycles. The minimum Gasteiger partial charge on any atom is -0.443 e. The highest BCUT2D eigenvalue weighted by Gasteiger charge is 2.71. The van der Waals surface area contributed by atoms with Crippen molar-refractivity contribution in [2.24, 2.45) is 10.9 Å². The molecule has 3 atom stereocenters. The summed E-state index contributed by atoms with van der Waals surface area (Å²) < 4.78 is 26.7. The molecule has 2 amide bonds. The van der Waals surface area contributed by atoms with Crippen LogP contribution in [0.15, 0.2) is 27.7 Å². The van der Waals surface area contributed by atoms with Crippen molar-refractivity contribution in [3.05, 3.63) is 34.1 Å². The molecule has 0 saturated heterocycles. The van der Waals surface area contributed by atoms with E-state index in [1.165, 1.54) is 22.7 Å². The van der Waals surface area contributed by atoms with Gasteiger partial charge in [0.25, 0.3) is 0 Å². The van der Waals surface area contributed by atoms with Crippen LogP contribution in [0.4, 0.5) is 9.18 Å². The number of benzene rings is 1. The van der Waals surface area contributed by atoms with Gasteiger partial charge in [-0.2, -0.15) is 0 Å². The molecule has 0 spiro atoms. The standard InChI is InChI=1S/C26H39BrFN3O4SSi/c1-24(2,3)35-23(33)31(16-34-12-13-37(7,8)9)22-29-25(4,18-14-17(27)10-11-19(18)28)20-15-26(20,36-22)21(32)30(5)6/h10-11,14,20H,12-13,15-16H2,1-9H3/t20-,25+,26-/m0/s1. The van der Waals surface area contributed by atoms with Crippen LogP contribution in [-0.4, -0.2) is 72.8 Å². The van der Waals surface area contributed by atoms with Gasteiger partial charge in [0, 0.05) is 44.7 Å². The Bertz CT molecular complexity index is 1090. The Balaban J connectivity index is 2.07. The molecule has 1 aromatic carbocycles. The monoisotopic (exact) mass is 615 g/mol. The normalized spacial score (nSPS) is 25.2. The zero-order valence-electron chi connectivity index (χ0n) is 23.3. The number of rotatable bonds is 7. The highest BCUT2D eigenvalue weighted by atomic mass is 79.9. The van der Waals surface area contributed by atoms with E-state index < -0.39 is 35.9 Å². The van der Waals surface area contributed by atoms with E-state index in [0.717, 1.165) is 6.04 Å². The molecule has 7 nitrogen and oxygen atoms in total. The highest BCUT2D eigenvalue weighted by molar-refractivity contribution is 9.10. The van der Waals surface area contributed by atoms with Crippen LogP contribution in [0.2, 0.25) is 25.7 Å². The van der Waals surface area contributed by atoms with Gasteiger partial charge < -0.3 is 14.4 Å². The van der Waals surface area contributed by atoms with Gasteiger partial charge in [0.05, 0.1) is 5.54 Å². The minimum atomic E-state index is -1.35. The van der Waals surface area contributed by atoms with E-state index in [2.05, 4.69) is 35.6 Å². The fraction of sp³-hybridized carbons (Fsp3) is 0.654. The minimum absolute atomic E-state index is 0.0703. The Hall–Kier alpha value is -1.43. The number of thioether (sulfide) groups is 1. The largest absolute Gasteiger partial charge is 0.443 e. The van der Waals surface area contributed by atoms with Crippen molar-refractivity contribution in [3.8, 4) is 0 Å². The molecule has 2 aliphatic rings. The number of fused-ring (bicyclic) bond motifs is 1. The Morgan fingerprint density at radius 2 is 1.92 bits per heavy atom.